The molecule has 1 aliphatic rings. The average Bonchev–Trinajstić information content (AvgIpc) is 3.12. The summed E-state index contributed by atoms with van der Waals surface area (Å²) in [5.41, 5.74) is 0.654. The molecule has 1 aromatic heterocycles. The van der Waals surface area contributed by atoms with Crippen LogP contribution in [0.25, 0.3) is 0 Å². The molecule has 0 bridgehead atoms. The predicted octanol–water partition coefficient (Wildman–Crippen LogP) is 1.49. The van der Waals surface area contributed by atoms with Crippen molar-refractivity contribution in [3.63, 3.8) is 0 Å². The normalized spacial score (nSPS) is 12.7. The van der Waals surface area contributed by atoms with Gasteiger partial charge in [0, 0.05) is 18.2 Å². The van der Waals surface area contributed by atoms with Gasteiger partial charge in [0.15, 0.2) is 17.3 Å². The first-order valence-electron chi connectivity index (χ1n) is 6.84. The van der Waals surface area contributed by atoms with Gasteiger partial charge in [-0.05, 0) is 12.5 Å². The first-order chi connectivity index (χ1) is 10.3. The van der Waals surface area contributed by atoms with E-state index in [1.807, 2.05) is 4.68 Å². The molecular formula is C14H17N3O4. The van der Waals surface area contributed by atoms with Gasteiger partial charge in [-0.2, -0.15) is 5.10 Å². The highest BCUT2D eigenvalue weighted by atomic mass is 16.7. The molecule has 21 heavy (non-hydrogen) atoms. The minimum atomic E-state index is -0.131. The number of aliphatic hydroxyl groups is 1. The molecule has 2 heterocycles. The van der Waals surface area contributed by atoms with E-state index in [0.717, 1.165) is 18.8 Å². The van der Waals surface area contributed by atoms with E-state index in [-0.39, 0.29) is 20.0 Å². The molecule has 1 aromatic carbocycles. The molecule has 3 rings (SSSR count). The molecule has 0 atom stereocenters. The quantitative estimate of drug-likeness (QED) is 0.868. The van der Waals surface area contributed by atoms with Crippen molar-refractivity contribution in [1.82, 2.24) is 14.8 Å². The summed E-state index contributed by atoms with van der Waals surface area (Å²) in [6.45, 7) is 3.22. The molecule has 0 fully saturated rings. The van der Waals surface area contributed by atoms with Crippen molar-refractivity contribution in [2.75, 3.05) is 6.79 Å². The second-order valence-corrected chi connectivity index (χ2v) is 4.66. The van der Waals surface area contributed by atoms with E-state index in [0.29, 0.717) is 22.8 Å². The molecule has 7 nitrogen and oxygen atoms in total. The van der Waals surface area contributed by atoms with Crippen LogP contribution in [0.15, 0.2) is 18.5 Å². The number of aliphatic hydroxyl groups excluding tert-OH is 1. The van der Waals surface area contributed by atoms with Gasteiger partial charge in [-0.1, -0.05) is 6.92 Å². The van der Waals surface area contributed by atoms with Crippen LogP contribution in [0.1, 0.15) is 24.7 Å². The van der Waals surface area contributed by atoms with E-state index in [9.17, 15) is 5.11 Å². The lowest BCUT2D eigenvalue weighted by atomic mass is 10.2. The summed E-state index contributed by atoms with van der Waals surface area (Å²) < 4.78 is 18.2. The highest BCUT2D eigenvalue weighted by Crippen LogP contribution is 2.38. The van der Waals surface area contributed by atoms with Gasteiger partial charge in [0.2, 0.25) is 6.79 Å². The van der Waals surface area contributed by atoms with Gasteiger partial charge >= 0.3 is 0 Å². The highest BCUT2D eigenvalue weighted by molar-refractivity contribution is 5.51. The molecule has 0 saturated heterocycles. The lowest BCUT2D eigenvalue weighted by molar-refractivity contribution is 0.173. The zero-order valence-electron chi connectivity index (χ0n) is 11.8. The molecule has 112 valence electrons. The third-order valence-corrected chi connectivity index (χ3v) is 3.21. The van der Waals surface area contributed by atoms with E-state index in [1.54, 1.807) is 12.1 Å². The van der Waals surface area contributed by atoms with E-state index in [2.05, 4.69) is 17.0 Å². The first-order valence-corrected chi connectivity index (χ1v) is 6.84. The van der Waals surface area contributed by atoms with Crippen molar-refractivity contribution < 1.29 is 19.3 Å². The van der Waals surface area contributed by atoms with E-state index < -0.39 is 0 Å². The number of benzene rings is 1. The van der Waals surface area contributed by atoms with Crippen LogP contribution in [0.3, 0.4) is 0 Å². The smallest absolute Gasteiger partial charge is 0.231 e. The number of fused-ring (bicyclic) bond motifs is 1. The zero-order chi connectivity index (χ0) is 14.7. The van der Waals surface area contributed by atoms with E-state index in [1.165, 1.54) is 6.33 Å². The summed E-state index contributed by atoms with van der Waals surface area (Å²) in [7, 11) is 0. The Morgan fingerprint density at radius 3 is 2.90 bits per heavy atom. The van der Waals surface area contributed by atoms with Crippen LogP contribution in [0, 0.1) is 0 Å². The number of hydrogen-bond acceptors (Lipinski definition) is 6. The molecule has 0 amide bonds. The maximum atomic E-state index is 9.44. The molecule has 1 N–H and O–H groups in total. The maximum Gasteiger partial charge on any atom is 0.231 e. The minimum Gasteiger partial charge on any atom is -0.485 e. The number of aryl methyl sites for hydroxylation is 1. The first kappa shape index (κ1) is 13.7. The summed E-state index contributed by atoms with van der Waals surface area (Å²) in [5.74, 6) is 2.56. The average molecular weight is 291 g/mol. The van der Waals surface area contributed by atoms with Crippen LogP contribution >= 0.6 is 0 Å². The fourth-order valence-corrected chi connectivity index (χ4v) is 2.16. The molecule has 7 heteroatoms. The van der Waals surface area contributed by atoms with Crippen molar-refractivity contribution in [2.24, 2.45) is 0 Å². The highest BCUT2D eigenvalue weighted by Gasteiger charge is 2.18. The number of aromatic nitrogens is 3. The van der Waals surface area contributed by atoms with Crippen LogP contribution in [0.2, 0.25) is 0 Å². The Bertz CT molecular complexity index is 627. The Morgan fingerprint density at radius 2 is 2.14 bits per heavy atom. The molecule has 1 aliphatic heterocycles. The molecule has 0 saturated carbocycles. The molecule has 0 unspecified atom stereocenters. The van der Waals surface area contributed by atoms with Gasteiger partial charge in [-0.25, -0.2) is 9.67 Å². The molecule has 0 radical (unpaired) electrons. The number of ether oxygens (including phenoxy) is 3. The van der Waals surface area contributed by atoms with Crippen molar-refractivity contribution in [3.05, 3.63) is 29.8 Å². The number of rotatable bonds is 6. The lowest BCUT2D eigenvalue weighted by Crippen LogP contribution is -2.09. The summed E-state index contributed by atoms with van der Waals surface area (Å²) in [5, 5.41) is 13.6. The van der Waals surface area contributed by atoms with E-state index >= 15 is 0 Å². The number of nitrogens with zero attached hydrogens (tertiary/aromatic N) is 3. The monoisotopic (exact) mass is 291 g/mol. The standard InChI is InChI=1S/C14H17N3O4/c1-2-3-17-14(15-8-16-17)7-19-11-5-13-12(20-9-21-13)4-10(11)6-18/h4-5,8,18H,2-3,6-7,9H2,1H3. The minimum absolute atomic E-state index is 0.131. The van der Waals surface area contributed by atoms with Crippen molar-refractivity contribution >= 4 is 0 Å². The van der Waals surface area contributed by atoms with Crippen molar-refractivity contribution in [2.45, 2.75) is 33.1 Å². The molecule has 0 spiro atoms. The molecule has 0 aliphatic carbocycles. The van der Waals surface area contributed by atoms with Crippen LogP contribution in [-0.4, -0.2) is 26.7 Å². The van der Waals surface area contributed by atoms with Crippen LogP contribution < -0.4 is 14.2 Å². The van der Waals surface area contributed by atoms with Gasteiger partial charge in [-0.3, -0.25) is 0 Å². The Morgan fingerprint density at radius 1 is 1.33 bits per heavy atom. The Balaban J connectivity index is 1.77. The van der Waals surface area contributed by atoms with Gasteiger partial charge < -0.3 is 19.3 Å². The van der Waals surface area contributed by atoms with Crippen LogP contribution in [0.4, 0.5) is 0 Å². The predicted molar refractivity (Wildman–Crippen MR) is 73.1 cm³/mol. The summed E-state index contributed by atoms with van der Waals surface area (Å²) in [4.78, 5) is 4.19. The second kappa shape index (κ2) is 6.01. The SMILES string of the molecule is CCCn1ncnc1COc1cc2c(cc1CO)OCO2. The third kappa shape index (κ3) is 2.78. The van der Waals surface area contributed by atoms with E-state index in [4.69, 9.17) is 14.2 Å². The van der Waals surface area contributed by atoms with Crippen LogP contribution in [0.5, 0.6) is 17.2 Å². The summed E-state index contributed by atoms with van der Waals surface area (Å²) >= 11 is 0. The Kier molecular flexibility index (Phi) is 3.92. The fraction of sp³-hybridized carbons (Fsp3) is 0.429. The van der Waals surface area contributed by atoms with Gasteiger partial charge in [0.05, 0.1) is 6.61 Å². The Hall–Kier alpha value is -2.28. The zero-order valence-corrected chi connectivity index (χ0v) is 11.8. The van der Waals surface area contributed by atoms with Gasteiger partial charge in [0.25, 0.3) is 0 Å². The fourth-order valence-electron chi connectivity index (χ4n) is 2.16. The summed E-state index contributed by atoms with van der Waals surface area (Å²) in [6, 6.07) is 3.46. The third-order valence-electron chi connectivity index (χ3n) is 3.21. The lowest BCUT2D eigenvalue weighted by Gasteiger charge is -2.11. The Labute approximate surface area is 122 Å². The van der Waals surface area contributed by atoms with Gasteiger partial charge in [0.1, 0.15) is 18.7 Å². The van der Waals surface area contributed by atoms with Gasteiger partial charge in [-0.15, -0.1) is 0 Å². The van der Waals surface area contributed by atoms with Crippen LogP contribution in [-0.2, 0) is 19.8 Å². The second-order valence-electron chi connectivity index (χ2n) is 4.66. The topological polar surface area (TPSA) is 78.6 Å². The molecule has 2 aromatic rings. The summed E-state index contributed by atoms with van der Waals surface area (Å²) in [6.07, 6.45) is 2.49. The van der Waals surface area contributed by atoms with Crippen molar-refractivity contribution in [1.29, 1.82) is 0 Å². The maximum absolute atomic E-state index is 9.44. The van der Waals surface area contributed by atoms with Crippen molar-refractivity contribution in [3.8, 4) is 17.2 Å². The largest absolute Gasteiger partial charge is 0.485 e. The number of hydrogen-bond donors (Lipinski definition) is 1. The molecular weight excluding hydrogens is 274 g/mol.